The van der Waals surface area contributed by atoms with Gasteiger partial charge in [0.05, 0.1) is 6.04 Å². The van der Waals surface area contributed by atoms with Crippen LogP contribution in [0.2, 0.25) is 0 Å². The third kappa shape index (κ3) is 1.92. The molecule has 1 heterocycles. The van der Waals surface area contributed by atoms with E-state index in [1.165, 1.54) is 6.33 Å². The van der Waals surface area contributed by atoms with Crippen LogP contribution in [0.5, 0.6) is 0 Å². The van der Waals surface area contributed by atoms with Crippen molar-refractivity contribution in [1.29, 1.82) is 0 Å². The highest BCUT2D eigenvalue weighted by Gasteiger charge is 2.14. The van der Waals surface area contributed by atoms with Crippen molar-refractivity contribution in [1.82, 2.24) is 9.97 Å². The van der Waals surface area contributed by atoms with Gasteiger partial charge in [-0.25, -0.2) is 14.4 Å². The van der Waals surface area contributed by atoms with Crippen LogP contribution in [0.15, 0.2) is 36.9 Å². The molecule has 0 aliphatic heterocycles. The fourth-order valence-electron chi connectivity index (χ4n) is 1.56. The van der Waals surface area contributed by atoms with Crippen molar-refractivity contribution in [2.24, 2.45) is 5.73 Å². The minimum absolute atomic E-state index is 0.265. The Morgan fingerprint density at radius 3 is 2.62 bits per heavy atom. The van der Waals surface area contributed by atoms with E-state index >= 15 is 0 Å². The van der Waals surface area contributed by atoms with Gasteiger partial charge in [-0.05, 0) is 12.5 Å². The van der Waals surface area contributed by atoms with E-state index in [1.54, 1.807) is 37.5 Å². The summed E-state index contributed by atoms with van der Waals surface area (Å²) in [5, 5.41) is 0. The molecule has 0 spiro atoms. The maximum atomic E-state index is 13.8. The number of nitrogens with two attached hydrogens (primary N) is 1. The molecule has 2 aromatic rings. The molecule has 3 nitrogen and oxygen atoms in total. The molecule has 0 aliphatic rings. The lowest BCUT2D eigenvalue weighted by molar-refractivity contribution is 0.590. The van der Waals surface area contributed by atoms with Gasteiger partial charge in [-0.1, -0.05) is 18.2 Å². The quantitative estimate of drug-likeness (QED) is 0.836. The predicted molar refractivity (Wildman–Crippen MR) is 59.2 cm³/mol. The summed E-state index contributed by atoms with van der Waals surface area (Å²) in [7, 11) is 0. The molecule has 0 radical (unpaired) electrons. The van der Waals surface area contributed by atoms with E-state index in [1.807, 2.05) is 0 Å². The summed E-state index contributed by atoms with van der Waals surface area (Å²) in [5.41, 5.74) is 7.72. The molecular weight excluding hydrogens is 205 g/mol. The van der Waals surface area contributed by atoms with Crippen molar-refractivity contribution in [2.45, 2.75) is 13.0 Å². The first-order valence-electron chi connectivity index (χ1n) is 4.95. The average Bonchev–Trinajstić information content (AvgIpc) is 2.33. The monoisotopic (exact) mass is 217 g/mol. The lowest BCUT2D eigenvalue weighted by atomic mass is 10.00. The number of aromatic nitrogens is 2. The molecule has 0 fully saturated rings. The van der Waals surface area contributed by atoms with Crippen LogP contribution >= 0.6 is 0 Å². The Balaban J connectivity index is 2.42. The van der Waals surface area contributed by atoms with Crippen molar-refractivity contribution in [3.05, 3.63) is 59.4 Å². The molecule has 0 saturated heterocycles. The Bertz CT molecular complexity index is 485. The second-order valence-corrected chi connectivity index (χ2v) is 3.63. The summed E-state index contributed by atoms with van der Waals surface area (Å²) in [4.78, 5) is 7.74. The van der Waals surface area contributed by atoms with Gasteiger partial charge in [0.1, 0.15) is 12.1 Å². The van der Waals surface area contributed by atoms with Crippen LogP contribution in [0.1, 0.15) is 22.7 Å². The van der Waals surface area contributed by atoms with E-state index in [0.29, 0.717) is 16.7 Å². The molecule has 0 bridgehead atoms. The third-order valence-electron chi connectivity index (χ3n) is 2.50. The van der Waals surface area contributed by atoms with Crippen LogP contribution < -0.4 is 5.73 Å². The highest BCUT2D eigenvalue weighted by Crippen LogP contribution is 2.22. The van der Waals surface area contributed by atoms with Gasteiger partial charge in [0.2, 0.25) is 0 Å². The van der Waals surface area contributed by atoms with E-state index in [-0.39, 0.29) is 5.82 Å². The number of aryl methyl sites for hydroxylation is 1. The van der Waals surface area contributed by atoms with Gasteiger partial charge in [0, 0.05) is 23.5 Å². The molecule has 0 amide bonds. The topological polar surface area (TPSA) is 51.8 Å². The molecule has 0 aliphatic carbocycles. The highest BCUT2D eigenvalue weighted by molar-refractivity contribution is 5.32. The summed E-state index contributed by atoms with van der Waals surface area (Å²) in [6.07, 6.45) is 4.61. The minimum atomic E-state index is -0.527. The van der Waals surface area contributed by atoms with Crippen molar-refractivity contribution in [3.63, 3.8) is 0 Å². The number of nitrogens with zero attached hydrogens (tertiary/aromatic N) is 2. The highest BCUT2D eigenvalue weighted by atomic mass is 19.1. The minimum Gasteiger partial charge on any atom is -0.320 e. The molecule has 1 unspecified atom stereocenters. The molecule has 16 heavy (non-hydrogen) atoms. The summed E-state index contributed by atoms with van der Waals surface area (Å²) in [6, 6.07) is 4.66. The number of benzene rings is 1. The zero-order valence-corrected chi connectivity index (χ0v) is 8.89. The van der Waals surface area contributed by atoms with Crippen LogP contribution in [-0.4, -0.2) is 9.97 Å². The summed E-state index contributed by atoms with van der Waals surface area (Å²) >= 11 is 0. The second-order valence-electron chi connectivity index (χ2n) is 3.63. The normalized spacial score (nSPS) is 12.4. The summed E-state index contributed by atoms with van der Waals surface area (Å²) in [6.45, 7) is 1.72. The SMILES string of the molecule is Cc1cccc(C(N)c2cncnc2)c1F. The fraction of sp³-hybridized carbons (Fsp3) is 0.167. The molecule has 1 aromatic heterocycles. The molecule has 82 valence electrons. The first-order valence-corrected chi connectivity index (χ1v) is 4.95. The zero-order chi connectivity index (χ0) is 11.5. The third-order valence-corrected chi connectivity index (χ3v) is 2.50. The first-order chi connectivity index (χ1) is 7.70. The van der Waals surface area contributed by atoms with Gasteiger partial charge < -0.3 is 5.73 Å². The Labute approximate surface area is 93.2 Å². The molecule has 2 rings (SSSR count). The Morgan fingerprint density at radius 1 is 1.25 bits per heavy atom. The van der Waals surface area contributed by atoms with Crippen LogP contribution in [0.4, 0.5) is 4.39 Å². The number of halogens is 1. The van der Waals surface area contributed by atoms with Crippen LogP contribution in [-0.2, 0) is 0 Å². The van der Waals surface area contributed by atoms with E-state index in [9.17, 15) is 4.39 Å². The van der Waals surface area contributed by atoms with E-state index in [4.69, 9.17) is 5.73 Å². The summed E-state index contributed by atoms with van der Waals surface area (Å²) < 4.78 is 13.8. The maximum absolute atomic E-state index is 13.8. The second kappa shape index (κ2) is 4.37. The molecule has 2 N–H and O–H groups in total. The zero-order valence-electron chi connectivity index (χ0n) is 8.89. The molecule has 0 saturated carbocycles. The fourth-order valence-corrected chi connectivity index (χ4v) is 1.56. The Morgan fingerprint density at radius 2 is 1.94 bits per heavy atom. The van der Waals surface area contributed by atoms with Crippen molar-refractivity contribution >= 4 is 0 Å². The van der Waals surface area contributed by atoms with Gasteiger partial charge in [-0.3, -0.25) is 0 Å². The van der Waals surface area contributed by atoms with Crippen LogP contribution in [0, 0.1) is 12.7 Å². The van der Waals surface area contributed by atoms with Gasteiger partial charge in [0.15, 0.2) is 0 Å². The maximum Gasteiger partial charge on any atom is 0.131 e. The lowest BCUT2D eigenvalue weighted by Crippen LogP contribution is -2.14. The largest absolute Gasteiger partial charge is 0.320 e. The van der Waals surface area contributed by atoms with Crippen LogP contribution in [0.3, 0.4) is 0 Å². The van der Waals surface area contributed by atoms with Crippen molar-refractivity contribution < 1.29 is 4.39 Å². The molecular formula is C12H12FN3. The van der Waals surface area contributed by atoms with Gasteiger partial charge >= 0.3 is 0 Å². The summed E-state index contributed by atoms with van der Waals surface area (Å²) in [5.74, 6) is -0.265. The van der Waals surface area contributed by atoms with Gasteiger partial charge in [0.25, 0.3) is 0 Å². The molecule has 1 atom stereocenters. The number of hydrogen-bond acceptors (Lipinski definition) is 3. The molecule has 1 aromatic carbocycles. The Kier molecular flexibility index (Phi) is 2.92. The van der Waals surface area contributed by atoms with Crippen molar-refractivity contribution in [2.75, 3.05) is 0 Å². The van der Waals surface area contributed by atoms with Crippen molar-refractivity contribution in [3.8, 4) is 0 Å². The standard InChI is InChI=1S/C12H12FN3/c1-8-3-2-4-10(11(8)13)12(14)9-5-15-7-16-6-9/h2-7,12H,14H2,1H3. The van der Waals surface area contributed by atoms with E-state index in [0.717, 1.165) is 0 Å². The lowest BCUT2D eigenvalue weighted by Gasteiger charge is -2.13. The number of rotatable bonds is 2. The number of hydrogen-bond donors (Lipinski definition) is 1. The predicted octanol–water partition coefficient (Wildman–Crippen LogP) is 1.97. The van der Waals surface area contributed by atoms with Crippen LogP contribution in [0.25, 0.3) is 0 Å². The van der Waals surface area contributed by atoms with Gasteiger partial charge in [-0.15, -0.1) is 0 Å². The van der Waals surface area contributed by atoms with E-state index in [2.05, 4.69) is 9.97 Å². The average molecular weight is 217 g/mol. The van der Waals surface area contributed by atoms with E-state index < -0.39 is 6.04 Å². The van der Waals surface area contributed by atoms with Gasteiger partial charge in [-0.2, -0.15) is 0 Å². The smallest absolute Gasteiger partial charge is 0.131 e. The molecule has 4 heteroatoms. The first kappa shape index (κ1) is 10.7. The Hall–Kier alpha value is -1.81.